The third-order valence-corrected chi connectivity index (χ3v) is 4.18. The highest BCUT2D eigenvalue weighted by Crippen LogP contribution is 2.25. The Morgan fingerprint density at radius 1 is 1.42 bits per heavy atom. The van der Waals surface area contributed by atoms with E-state index in [2.05, 4.69) is 28.4 Å². The zero-order chi connectivity index (χ0) is 13.5. The number of fused-ring (bicyclic) bond motifs is 1. The quantitative estimate of drug-likeness (QED) is 0.332. The van der Waals surface area contributed by atoms with Crippen molar-refractivity contribution in [1.82, 2.24) is 10.4 Å². The van der Waals surface area contributed by atoms with Crippen LogP contribution in [0.4, 0.5) is 0 Å². The summed E-state index contributed by atoms with van der Waals surface area (Å²) in [4.78, 5) is 4.47. The van der Waals surface area contributed by atoms with Gasteiger partial charge in [-0.05, 0) is 42.3 Å². The highest BCUT2D eigenvalue weighted by molar-refractivity contribution is 7.17. The molecule has 0 aliphatic carbocycles. The molecule has 0 spiro atoms. The van der Waals surface area contributed by atoms with E-state index in [0.717, 1.165) is 18.4 Å². The van der Waals surface area contributed by atoms with Crippen LogP contribution in [0, 0.1) is 0 Å². The summed E-state index contributed by atoms with van der Waals surface area (Å²) in [5.41, 5.74) is 5.16. The molecule has 0 saturated carbocycles. The molecule has 0 aliphatic rings. The Kier molecular flexibility index (Phi) is 5.51. The van der Waals surface area contributed by atoms with Gasteiger partial charge in [-0.25, -0.2) is 0 Å². The lowest BCUT2D eigenvalue weighted by molar-refractivity contribution is 0.483. The van der Waals surface area contributed by atoms with Crippen molar-refractivity contribution in [3.8, 4) is 0 Å². The summed E-state index contributed by atoms with van der Waals surface area (Å²) >= 11 is 1.72. The molecule has 2 rings (SSSR count). The van der Waals surface area contributed by atoms with Crippen LogP contribution < -0.4 is 11.3 Å². The van der Waals surface area contributed by atoms with Gasteiger partial charge < -0.3 is 0 Å². The topological polar surface area (TPSA) is 50.9 Å². The standard InChI is InChI=1S/C15H21N3S/c1-2-3-4-5-6-7-13(18-16)12-10-15-14(17-11-12)8-9-19-15/h2,8-11,13,18H,1,3-7,16H2. The molecule has 1 unspecified atom stereocenters. The number of aromatic nitrogens is 1. The van der Waals surface area contributed by atoms with Crippen molar-refractivity contribution in [3.63, 3.8) is 0 Å². The number of allylic oxidation sites excluding steroid dienone is 1. The van der Waals surface area contributed by atoms with E-state index in [4.69, 9.17) is 5.84 Å². The van der Waals surface area contributed by atoms with Crippen LogP contribution in [0.2, 0.25) is 0 Å². The third-order valence-electron chi connectivity index (χ3n) is 3.33. The van der Waals surface area contributed by atoms with E-state index in [1.807, 2.05) is 18.3 Å². The molecule has 3 nitrogen and oxygen atoms in total. The molecule has 0 amide bonds. The molecule has 4 heteroatoms. The third kappa shape index (κ3) is 3.86. The minimum absolute atomic E-state index is 0.197. The van der Waals surface area contributed by atoms with Crippen molar-refractivity contribution in [2.24, 2.45) is 5.84 Å². The molecule has 2 aromatic rings. The summed E-state index contributed by atoms with van der Waals surface area (Å²) in [6.07, 6.45) is 9.67. The van der Waals surface area contributed by atoms with Crippen molar-refractivity contribution in [3.05, 3.63) is 41.9 Å². The zero-order valence-corrected chi connectivity index (χ0v) is 12.0. The number of nitrogens with zero attached hydrogens (tertiary/aromatic N) is 1. The van der Waals surface area contributed by atoms with Gasteiger partial charge in [-0.1, -0.05) is 18.9 Å². The molecular weight excluding hydrogens is 254 g/mol. The van der Waals surface area contributed by atoms with Gasteiger partial charge in [-0.3, -0.25) is 16.3 Å². The molecule has 0 radical (unpaired) electrons. The normalized spacial score (nSPS) is 12.7. The molecule has 0 saturated heterocycles. The van der Waals surface area contributed by atoms with Gasteiger partial charge in [0, 0.05) is 12.2 Å². The first-order chi connectivity index (χ1) is 9.35. The minimum Gasteiger partial charge on any atom is -0.271 e. The van der Waals surface area contributed by atoms with Gasteiger partial charge in [0.2, 0.25) is 0 Å². The number of nitrogens with two attached hydrogens (primary N) is 1. The number of nitrogens with one attached hydrogen (secondary N) is 1. The van der Waals surface area contributed by atoms with E-state index >= 15 is 0 Å². The first kappa shape index (κ1) is 14.2. The van der Waals surface area contributed by atoms with Crippen LogP contribution in [0.1, 0.15) is 43.7 Å². The fraction of sp³-hybridized carbons (Fsp3) is 0.400. The summed E-state index contributed by atoms with van der Waals surface area (Å²) in [5, 5.41) is 2.07. The maximum absolute atomic E-state index is 5.67. The molecule has 0 fully saturated rings. The van der Waals surface area contributed by atoms with Crippen molar-refractivity contribution in [2.75, 3.05) is 0 Å². The average molecular weight is 275 g/mol. The second-order valence-electron chi connectivity index (χ2n) is 4.72. The molecule has 0 aliphatic heterocycles. The van der Waals surface area contributed by atoms with Crippen LogP contribution in [0.5, 0.6) is 0 Å². The van der Waals surface area contributed by atoms with Gasteiger partial charge in [0.25, 0.3) is 0 Å². The molecule has 3 N–H and O–H groups in total. The lowest BCUT2D eigenvalue weighted by atomic mass is 10.0. The number of hydrogen-bond acceptors (Lipinski definition) is 4. The molecule has 102 valence electrons. The number of rotatable bonds is 8. The van der Waals surface area contributed by atoms with Crippen LogP contribution in [-0.2, 0) is 0 Å². The first-order valence-electron chi connectivity index (χ1n) is 6.75. The Morgan fingerprint density at radius 3 is 3.11 bits per heavy atom. The number of thiophene rings is 1. The Morgan fingerprint density at radius 2 is 2.32 bits per heavy atom. The Bertz CT molecular complexity index is 521. The highest BCUT2D eigenvalue weighted by Gasteiger charge is 2.10. The Hall–Kier alpha value is -1.23. The second-order valence-corrected chi connectivity index (χ2v) is 5.67. The largest absolute Gasteiger partial charge is 0.271 e. The van der Waals surface area contributed by atoms with Crippen molar-refractivity contribution >= 4 is 21.6 Å². The molecule has 2 heterocycles. The zero-order valence-electron chi connectivity index (χ0n) is 11.1. The fourth-order valence-corrected chi connectivity index (χ4v) is 3.00. The van der Waals surface area contributed by atoms with Crippen LogP contribution in [0.25, 0.3) is 10.2 Å². The molecule has 0 aromatic carbocycles. The van der Waals surface area contributed by atoms with Crippen molar-refractivity contribution in [1.29, 1.82) is 0 Å². The van der Waals surface area contributed by atoms with Crippen molar-refractivity contribution < 1.29 is 0 Å². The van der Waals surface area contributed by atoms with Gasteiger partial charge in [-0.15, -0.1) is 17.9 Å². The van der Waals surface area contributed by atoms with E-state index < -0.39 is 0 Å². The Balaban J connectivity index is 1.94. The minimum atomic E-state index is 0.197. The van der Waals surface area contributed by atoms with Gasteiger partial charge in [-0.2, -0.15) is 0 Å². The Labute approximate surface area is 118 Å². The number of unbranched alkanes of at least 4 members (excludes halogenated alkanes) is 3. The molecule has 19 heavy (non-hydrogen) atoms. The van der Waals surface area contributed by atoms with Crippen LogP contribution in [-0.4, -0.2) is 4.98 Å². The second kappa shape index (κ2) is 7.38. The summed E-state index contributed by atoms with van der Waals surface area (Å²) < 4.78 is 1.23. The molecular formula is C15H21N3S. The smallest absolute Gasteiger partial charge is 0.0809 e. The highest BCUT2D eigenvalue weighted by atomic mass is 32.1. The van der Waals surface area contributed by atoms with Crippen LogP contribution >= 0.6 is 11.3 Å². The maximum Gasteiger partial charge on any atom is 0.0809 e. The monoisotopic (exact) mass is 275 g/mol. The van der Waals surface area contributed by atoms with Crippen molar-refractivity contribution in [2.45, 2.75) is 38.1 Å². The van der Waals surface area contributed by atoms with Gasteiger partial charge in [0.05, 0.1) is 10.2 Å². The summed E-state index contributed by atoms with van der Waals surface area (Å²) in [5.74, 6) is 5.67. The summed E-state index contributed by atoms with van der Waals surface area (Å²) in [7, 11) is 0. The predicted octanol–water partition coefficient (Wildman–Crippen LogP) is 3.94. The van der Waals surface area contributed by atoms with E-state index in [-0.39, 0.29) is 6.04 Å². The fourth-order valence-electron chi connectivity index (χ4n) is 2.21. The molecule has 2 aromatic heterocycles. The van der Waals surface area contributed by atoms with Gasteiger partial charge in [0.1, 0.15) is 0 Å². The van der Waals surface area contributed by atoms with Crippen LogP contribution in [0.3, 0.4) is 0 Å². The number of hydrazine groups is 1. The van der Waals surface area contributed by atoms with Crippen LogP contribution in [0.15, 0.2) is 36.4 Å². The summed E-state index contributed by atoms with van der Waals surface area (Å²) in [6.45, 7) is 3.74. The van der Waals surface area contributed by atoms with E-state index in [1.165, 1.54) is 29.5 Å². The number of pyridine rings is 1. The first-order valence-corrected chi connectivity index (χ1v) is 7.63. The number of hydrogen-bond donors (Lipinski definition) is 2. The lowest BCUT2D eigenvalue weighted by Gasteiger charge is -2.15. The predicted molar refractivity (Wildman–Crippen MR) is 83.0 cm³/mol. The molecule has 1 atom stereocenters. The van der Waals surface area contributed by atoms with E-state index in [0.29, 0.717) is 0 Å². The summed E-state index contributed by atoms with van der Waals surface area (Å²) in [6, 6.07) is 4.44. The van der Waals surface area contributed by atoms with Gasteiger partial charge in [0.15, 0.2) is 0 Å². The lowest BCUT2D eigenvalue weighted by Crippen LogP contribution is -2.28. The van der Waals surface area contributed by atoms with Gasteiger partial charge >= 0.3 is 0 Å². The maximum atomic E-state index is 5.67. The molecule has 0 bridgehead atoms. The average Bonchev–Trinajstić information content (AvgIpc) is 2.90. The van der Waals surface area contributed by atoms with E-state index in [1.54, 1.807) is 11.3 Å². The van der Waals surface area contributed by atoms with E-state index in [9.17, 15) is 0 Å². The SMILES string of the molecule is C=CCCCCCC(NN)c1cnc2ccsc2c1.